The second-order valence-corrected chi connectivity index (χ2v) is 6.09. The van der Waals surface area contributed by atoms with Crippen LogP contribution < -0.4 is 0 Å². The molecular weight excluding hydrogens is 184 g/mol. The lowest BCUT2D eigenvalue weighted by Gasteiger charge is -2.56. The molecule has 0 unspecified atom stereocenters. The highest BCUT2D eigenvalue weighted by molar-refractivity contribution is 5.05. The standard InChI is InChI=1S/C14H22O/c1-3-10(2)15-14-7-11-4-12(8-14)6-13(5-11)9-14/h11-13H,2-9H2,1H3. The molecule has 0 aromatic rings. The van der Waals surface area contributed by atoms with E-state index in [0.29, 0.717) is 0 Å². The van der Waals surface area contributed by atoms with Gasteiger partial charge in [0.15, 0.2) is 0 Å². The van der Waals surface area contributed by atoms with Crippen molar-refractivity contribution in [3.63, 3.8) is 0 Å². The maximum Gasteiger partial charge on any atom is 0.109 e. The second-order valence-electron chi connectivity index (χ2n) is 6.09. The van der Waals surface area contributed by atoms with Crippen LogP contribution in [0.15, 0.2) is 12.3 Å². The first kappa shape index (κ1) is 9.74. The van der Waals surface area contributed by atoms with Gasteiger partial charge in [-0.25, -0.2) is 0 Å². The molecule has 4 fully saturated rings. The molecule has 0 spiro atoms. The zero-order valence-corrected chi connectivity index (χ0v) is 9.80. The smallest absolute Gasteiger partial charge is 0.109 e. The van der Waals surface area contributed by atoms with Crippen molar-refractivity contribution < 1.29 is 4.74 Å². The molecule has 0 N–H and O–H groups in total. The third-order valence-electron chi connectivity index (χ3n) is 4.74. The molecule has 4 aliphatic rings. The Hall–Kier alpha value is -0.460. The minimum Gasteiger partial charge on any atom is -0.492 e. The van der Waals surface area contributed by atoms with E-state index in [2.05, 4.69) is 13.5 Å². The minimum absolute atomic E-state index is 0.224. The van der Waals surface area contributed by atoms with Crippen LogP contribution in [0.25, 0.3) is 0 Å². The van der Waals surface area contributed by atoms with Crippen LogP contribution in [0, 0.1) is 17.8 Å². The SMILES string of the molecule is C=C(CC)OC12CC3CC(CC(C3)C1)C2. The Balaban J connectivity index is 1.78. The minimum atomic E-state index is 0.224. The van der Waals surface area contributed by atoms with Crippen LogP contribution in [0.1, 0.15) is 51.9 Å². The van der Waals surface area contributed by atoms with Gasteiger partial charge >= 0.3 is 0 Å². The van der Waals surface area contributed by atoms with E-state index >= 15 is 0 Å². The molecule has 4 saturated carbocycles. The topological polar surface area (TPSA) is 9.23 Å². The molecular formula is C14H22O. The van der Waals surface area contributed by atoms with Crippen LogP contribution in [0.4, 0.5) is 0 Å². The maximum atomic E-state index is 6.21. The number of rotatable bonds is 3. The summed E-state index contributed by atoms with van der Waals surface area (Å²) < 4.78 is 6.21. The van der Waals surface area contributed by atoms with E-state index < -0.39 is 0 Å². The molecule has 0 aliphatic heterocycles. The molecule has 1 nitrogen and oxygen atoms in total. The summed E-state index contributed by atoms with van der Waals surface area (Å²) in [5, 5.41) is 0. The Labute approximate surface area is 92.9 Å². The third-order valence-corrected chi connectivity index (χ3v) is 4.74. The van der Waals surface area contributed by atoms with Crippen molar-refractivity contribution in [2.75, 3.05) is 0 Å². The quantitative estimate of drug-likeness (QED) is 0.636. The van der Waals surface area contributed by atoms with Gasteiger partial charge in [-0.2, -0.15) is 0 Å². The average Bonchev–Trinajstić information content (AvgIpc) is 2.14. The Morgan fingerprint density at radius 2 is 1.60 bits per heavy atom. The van der Waals surface area contributed by atoms with Crippen LogP contribution in [0.3, 0.4) is 0 Å². The van der Waals surface area contributed by atoms with E-state index in [-0.39, 0.29) is 5.60 Å². The monoisotopic (exact) mass is 206 g/mol. The van der Waals surface area contributed by atoms with Crippen LogP contribution in [0.5, 0.6) is 0 Å². The average molecular weight is 206 g/mol. The number of allylic oxidation sites excluding steroid dienone is 1. The van der Waals surface area contributed by atoms with Crippen LogP contribution in [0.2, 0.25) is 0 Å². The van der Waals surface area contributed by atoms with Gasteiger partial charge in [-0.3, -0.25) is 0 Å². The molecule has 0 aromatic carbocycles. The Morgan fingerprint density at radius 3 is 2.00 bits per heavy atom. The van der Waals surface area contributed by atoms with Crippen LogP contribution in [-0.4, -0.2) is 5.60 Å². The van der Waals surface area contributed by atoms with Crippen molar-refractivity contribution >= 4 is 0 Å². The van der Waals surface area contributed by atoms with Crippen molar-refractivity contribution in [2.24, 2.45) is 17.8 Å². The molecule has 0 heterocycles. The summed E-state index contributed by atoms with van der Waals surface area (Å²) in [6, 6.07) is 0. The summed E-state index contributed by atoms with van der Waals surface area (Å²) >= 11 is 0. The normalized spacial score (nSPS) is 46.9. The lowest BCUT2D eigenvalue weighted by molar-refractivity contribution is -0.140. The predicted octanol–water partition coefficient (Wildman–Crippen LogP) is 3.90. The Kier molecular flexibility index (Phi) is 2.12. The zero-order valence-electron chi connectivity index (χ0n) is 9.80. The zero-order chi connectivity index (χ0) is 10.5. The Morgan fingerprint density at radius 1 is 1.13 bits per heavy atom. The molecule has 1 heteroatoms. The van der Waals surface area contributed by atoms with Crippen molar-refractivity contribution in [3.05, 3.63) is 12.3 Å². The van der Waals surface area contributed by atoms with Crippen molar-refractivity contribution in [1.82, 2.24) is 0 Å². The van der Waals surface area contributed by atoms with Gasteiger partial charge in [-0.15, -0.1) is 0 Å². The van der Waals surface area contributed by atoms with Gasteiger partial charge in [-0.1, -0.05) is 13.5 Å². The van der Waals surface area contributed by atoms with Crippen LogP contribution >= 0.6 is 0 Å². The highest BCUT2D eigenvalue weighted by atomic mass is 16.5. The first-order chi connectivity index (χ1) is 7.19. The third kappa shape index (κ3) is 1.60. The highest BCUT2D eigenvalue weighted by Crippen LogP contribution is 2.57. The highest BCUT2D eigenvalue weighted by Gasteiger charge is 2.52. The lowest BCUT2D eigenvalue weighted by atomic mass is 9.54. The fourth-order valence-electron chi connectivity index (χ4n) is 4.53. The molecule has 0 aromatic heterocycles. The summed E-state index contributed by atoms with van der Waals surface area (Å²) in [4.78, 5) is 0. The van der Waals surface area contributed by atoms with E-state index in [9.17, 15) is 0 Å². The van der Waals surface area contributed by atoms with Gasteiger partial charge in [0.25, 0.3) is 0 Å². The fourth-order valence-corrected chi connectivity index (χ4v) is 4.53. The first-order valence-corrected chi connectivity index (χ1v) is 6.56. The van der Waals surface area contributed by atoms with Gasteiger partial charge in [0, 0.05) is 6.42 Å². The van der Waals surface area contributed by atoms with E-state index in [1.807, 2.05) is 0 Å². The van der Waals surface area contributed by atoms with Gasteiger partial charge in [0.05, 0.1) is 5.76 Å². The van der Waals surface area contributed by atoms with Gasteiger partial charge < -0.3 is 4.74 Å². The Bertz CT molecular complexity index is 244. The van der Waals surface area contributed by atoms with Gasteiger partial charge in [0.2, 0.25) is 0 Å². The van der Waals surface area contributed by atoms with Crippen LogP contribution in [-0.2, 0) is 4.74 Å². The summed E-state index contributed by atoms with van der Waals surface area (Å²) in [5.74, 6) is 3.93. The van der Waals surface area contributed by atoms with Crippen molar-refractivity contribution in [1.29, 1.82) is 0 Å². The molecule has 4 bridgehead atoms. The molecule has 0 amide bonds. The van der Waals surface area contributed by atoms with Crippen molar-refractivity contribution in [2.45, 2.75) is 57.5 Å². The lowest BCUT2D eigenvalue weighted by Crippen LogP contribution is -2.51. The maximum absolute atomic E-state index is 6.21. The molecule has 0 atom stereocenters. The summed E-state index contributed by atoms with van der Waals surface area (Å²) in [7, 11) is 0. The number of ether oxygens (including phenoxy) is 1. The summed E-state index contributed by atoms with van der Waals surface area (Å²) in [6.07, 6.45) is 9.39. The summed E-state index contributed by atoms with van der Waals surface area (Å²) in [6.45, 7) is 6.17. The number of hydrogen-bond acceptors (Lipinski definition) is 1. The number of hydrogen-bond donors (Lipinski definition) is 0. The molecule has 4 rings (SSSR count). The molecule has 15 heavy (non-hydrogen) atoms. The van der Waals surface area contributed by atoms with E-state index in [1.165, 1.54) is 38.5 Å². The van der Waals surface area contributed by atoms with Crippen molar-refractivity contribution in [3.8, 4) is 0 Å². The molecule has 84 valence electrons. The van der Waals surface area contributed by atoms with E-state index in [4.69, 9.17) is 4.74 Å². The molecule has 0 saturated heterocycles. The summed E-state index contributed by atoms with van der Waals surface area (Å²) in [5.41, 5.74) is 0.224. The van der Waals surface area contributed by atoms with Gasteiger partial charge in [0.1, 0.15) is 5.60 Å². The van der Waals surface area contributed by atoms with E-state index in [0.717, 1.165) is 29.9 Å². The molecule has 0 radical (unpaired) electrons. The largest absolute Gasteiger partial charge is 0.492 e. The molecule has 4 aliphatic carbocycles. The van der Waals surface area contributed by atoms with E-state index in [1.54, 1.807) is 0 Å². The first-order valence-electron chi connectivity index (χ1n) is 6.56. The van der Waals surface area contributed by atoms with Gasteiger partial charge in [-0.05, 0) is 56.3 Å². The fraction of sp³-hybridized carbons (Fsp3) is 0.857. The predicted molar refractivity (Wildman–Crippen MR) is 61.4 cm³/mol. The second kappa shape index (κ2) is 3.26.